The van der Waals surface area contributed by atoms with Crippen molar-refractivity contribution in [1.82, 2.24) is 15.5 Å². The van der Waals surface area contributed by atoms with Crippen LogP contribution in [0.1, 0.15) is 26.2 Å². The molecule has 3 N–H and O–H groups in total. The SMILES string of the molecule is CCN1CCCC1CNC(=NC)NCC1(O)CCSC1. The largest absolute Gasteiger partial charge is 0.387 e. The molecule has 20 heavy (non-hydrogen) atoms. The van der Waals surface area contributed by atoms with E-state index in [0.717, 1.165) is 37.0 Å². The molecule has 2 fully saturated rings. The molecule has 2 aliphatic heterocycles. The second-order valence-corrected chi connectivity index (χ2v) is 6.86. The highest BCUT2D eigenvalue weighted by atomic mass is 32.2. The van der Waals surface area contributed by atoms with Crippen molar-refractivity contribution in [3.05, 3.63) is 0 Å². The lowest BCUT2D eigenvalue weighted by molar-refractivity contribution is 0.0724. The van der Waals surface area contributed by atoms with Gasteiger partial charge < -0.3 is 15.7 Å². The fourth-order valence-corrected chi connectivity index (χ4v) is 4.26. The number of hydrogen-bond donors (Lipinski definition) is 3. The van der Waals surface area contributed by atoms with Crippen LogP contribution in [-0.4, -0.2) is 72.3 Å². The van der Waals surface area contributed by atoms with Crippen LogP contribution in [0.3, 0.4) is 0 Å². The number of hydrogen-bond acceptors (Lipinski definition) is 4. The molecule has 5 nitrogen and oxygen atoms in total. The van der Waals surface area contributed by atoms with Crippen LogP contribution in [0.2, 0.25) is 0 Å². The maximum absolute atomic E-state index is 10.3. The van der Waals surface area contributed by atoms with Gasteiger partial charge in [-0.2, -0.15) is 11.8 Å². The number of aliphatic hydroxyl groups is 1. The monoisotopic (exact) mass is 300 g/mol. The van der Waals surface area contributed by atoms with Crippen LogP contribution in [-0.2, 0) is 0 Å². The zero-order chi connectivity index (χ0) is 14.4. The Balaban J connectivity index is 1.72. The van der Waals surface area contributed by atoms with E-state index in [1.807, 2.05) is 11.8 Å². The molecule has 0 aromatic carbocycles. The quantitative estimate of drug-likeness (QED) is 0.510. The van der Waals surface area contributed by atoms with Gasteiger partial charge >= 0.3 is 0 Å². The Morgan fingerprint density at radius 1 is 1.50 bits per heavy atom. The summed E-state index contributed by atoms with van der Waals surface area (Å²) >= 11 is 1.82. The van der Waals surface area contributed by atoms with Crippen LogP contribution in [0.5, 0.6) is 0 Å². The Labute approximate surface area is 126 Å². The molecule has 116 valence electrons. The van der Waals surface area contributed by atoms with Crippen LogP contribution in [0.15, 0.2) is 4.99 Å². The number of likely N-dealkylation sites (tertiary alicyclic amines) is 1. The minimum Gasteiger partial charge on any atom is -0.387 e. The predicted octanol–water partition coefficient (Wildman–Crippen LogP) is 0.504. The number of likely N-dealkylation sites (N-methyl/N-ethyl adjacent to an activating group) is 1. The number of guanidine groups is 1. The zero-order valence-corrected chi connectivity index (χ0v) is 13.5. The molecule has 0 amide bonds. The van der Waals surface area contributed by atoms with Crippen molar-refractivity contribution in [3.8, 4) is 0 Å². The minimum atomic E-state index is -0.564. The highest BCUT2D eigenvalue weighted by Gasteiger charge is 2.31. The summed E-state index contributed by atoms with van der Waals surface area (Å²) in [6.45, 7) is 6.07. The van der Waals surface area contributed by atoms with E-state index in [1.165, 1.54) is 19.4 Å². The lowest BCUT2D eigenvalue weighted by Gasteiger charge is -2.26. The second-order valence-electron chi connectivity index (χ2n) is 5.76. The number of aliphatic imine (C=N–C) groups is 1. The van der Waals surface area contributed by atoms with E-state index >= 15 is 0 Å². The van der Waals surface area contributed by atoms with E-state index < -0.39 is 5.60 Å². The fraction of sp³-hybridized carbons (Fsp3) is 0.929. The second kappa shape index (κ2) is 7.52. The van der Waals surface area contributed by atoms with Crippen molar-refractivity contribution in [2.45, 2.75) is 37.8 Å². The Bertz CT molecular complexity index is 331. The Kier molecular flexibility index (Phi) is 5.99. The van der Waals surface area contributed by atoms with Crippen LogP contribution in [0.4, 0.5) is 0 Å². The van der Waals surface area contributed by atoms with Gasteiger partial charge in [-0.15, -0.1) is 0 Å². The van der Waals surface area contributed by atoms with Crippen molar-refractivity contribution in [2.24, 2.45) is 4.99 Å². The topological polar surface area (TPSA) is 59.9 Å². The van der Waals surface area contributed by atoms with E-state index in [4.69, 9.17) is 0 Å². The highest BCUT2D eigenvalue weighted by Crippen LogP contribution is 2.26. The normalized spacial score (nSPS) is 31.8. The third-order valence-electron chi connectivity index (χ3n) is 4.30. The maximum Gasteiger partial charge on any atom is 0.191 e. The van der Waals surface area contributed by atoms with Crippen molar-refractivity contribution >= 4 is 17.7 Å². The van der Waals surface area contributed by atoms with Gasteiger partial charge in [-0.25, -0.2) is 0 Å². The number of nitrogens with zero attached hydrogens (tertiary/aromatic N) is 2. The Hall–Kier alpha value is -0.460. The first-order valence-corrected chi connectivity index (χ1v) is 8.81. The molecule has 2 atom stereocenters. The Morgan fingerprint density at radius 3 is 3.00 bits per heavy atom. The third-order valence-corrected chi connectivity index (χ3v) is 5.54. The summed E-state index contributed by atoms with van der Waals surface area (Å²) in [5.41, 5.74) is -0.564. The summed E-state index contributed by atoms with van der Waals surface area (Å²) < 4.78 is 0. The van der Waals surface area contributed by atoms with Gasteiger partial charge in [0.2, 0.25) is 0 Å². The van der Waals surface area contributed by atoms with Crippen LogP contribution in [0, 0.1) is 0 Å². The molecule has 0 aromatic rings. The molecule has 0 bridgehead atoms. The average Bonchev–Trinajstić information content (AvgIpc) is 3.08. The zero-order valence-electron chi connectivity index (χ0n) is 12.7. The van der Waals surface area contributed by atoms with E-state index in [-0.39, 0.29) is 0 Å². The van der Waals surface area contributed by atoms with Gasteiger partial charge in [-0.05, 0) is 38.1 Å². The third kappa shape index (κ3) is 4.27. The minimum absolute atomic E-state index is 0.564. The molecule has 2 aliphatic rings. The molecule has 2 rings (SSSR count). The van der Waals surface area contributed by atoms with Gasteiger partial charge in [0.05, 0.1) is 5.60 Å². The van der Waals surface area contributed by atoms with E-state index in [2.05, 4.69) is 27.4 Å². The molecule has 2 saturated heterocycles. The lowest BCUT2D eigenvalue weighted by Crippen LogP contribution is -2.49. The van der Waals surface area contributed by atoms with Crippen molar-refractivity contribution in [1.29, 1.82) is 0 Å². The Morgan fingerprint density at radius 2 is 2.35 bits per heavy atom. The molecule has 6 heteroatoms. The van der Waals surface area contributed by atoms with Gasteiger partial charge in [-0.1, -0.05) is 6.92 Å². The fourth-order valence-electron chi connectivity index (χ4n) is 2.96. The first kappa shape index (κ1) is 15.9. The number of nitrogens with one attached hydrogen (secondary N) is 2. The van der Waals surface area contributed by atoms with Crippen molar-refractivity contribution in [2.75, 3.05) is 44.7 Å². The maximum atomic E-state index is 10.3. The summed E-state index contributed by atoms with van der Waals surface area (Å²) in [5.74, 6) is 2.68. The first-order valence-electron chi connectivity index (χ1n) is 7.65. The van der Waals surface area contributed by atoms with E-state index in [1.54, 1.807) is 7.05 Å². The molecule has 0 saturated carbocycles. The molecule has 0 aliphatic carbocycles. The number of thioether (sulfide) groups is 1. The molecular weight excluding hydrogens is 272 g/mol. The van der Waals surface area contributed by atoms with Crippen molar-refractivity contribution < 1.29 is 5.11 Å². The van der Waals surface area contributed by atoms with Crippen molar-refractivity contribution in [3.63, 3.8) is 0 Å². The molecule has 0 spiro atoms. The predicted molar refractivity (Wildman–Crippen MR) is 86.5 cm³/mol. The van der Waals surface area contributed by atoms with Gasteiger partial charge in [-0.3, -0.25) is 9.89 Å². The molecule has 0 radical (unpaired) electrons. The van der Waals surface area contributed by atoms with Gasteiger partial charge in [0.25, 0.3) is 0 Å². The van der Waals surface area contributed by atoms with Crippen LogP contribution >= 0.6 is 11.8 Å². The standard InChI is InChI=1S/C14H28N4OS/c1-3-18-7-4-5-12(18)9-16-13(15-2)17-10-14(19)6-8-20-11-14/h12,19H,3-11H2,1-2H3,(H2,15,16,17). The number of rotatable bonds is 5. The molecular formula is C14H28N4OS. The van der Waals surface area contributed by atoms with E-state index in [0.29, 0.717) is 12.6 Å². The van der Waals surface area contributed by atoms with E-state index in [9.17, 15) is 5.11 Å². The first-order chi connectivity index (χ1) is 9.67. The van der Waals surface area contributed by atoms with Gasteiger partial charge in [0.1, 0.15) is 0 Å². The smallest absolute Gasteiger partial charge is 0.191 e. The summed E-state index contributed by atoms with van der Waals surface area (Å²) in [6, 6.07) is 0.615. The average molecular weight is 300 g/mol. The van der Waals surface area contributed by atoms with Gasteiger partial charge in [0, 0.05) is 31.9 Å². The molecule has 2 unspecified atom stereocenters. The summed E-state index contributed by atoms with van der Waals surface area (Å²) in [4.78, 5) is 6.77. The molecule has 2 heterocycles. The van der Waals surface area contributed by atoms with Crippen LogP contribution in [0.25, 0.3) is 0 Å². The lowest BCUT2D eigenvalue weighted by atomic mass is 10.0. The summed E-state index contributed by atoms with van der Waals surface area (Å²) in [6.07, 6.45) is 3.43. The molecule has 0 aromatic heterocycles. The van der Waals surface area contributed by atoms with Crippen LogP contribution < -0.4 is 10.6 Å². The highest BCUT2D eigenvalue weighted by molar-refractivity contribution is 7.99. The summed E-state index contributed by atoms with van der Waals surface area (Å²) in [7, 11) is 1.79. The van der Waals surface area contributed by atoms with Gasteiger partial charge in [0.15, 0.2) is 5.96 Å². The summed E-state index contributed by atoms with van der Waals surface area (Å²) in [5, 5.41) is 17.0.